The van der Waals surface area contributed by atoms with Gasteiger partial charge in [-0.25, -0.2) is 9.59 Å². The van der Waals surface area contributed by atoms with Gasteiger partial charge in [-0.1, -0.05) is 19.9 Å². The Bertz CT molecular complexity index is 1390. The number of rotatable bonds is 11. The van der Waals surface area contributed by atoms with E-state index in [4.69, 9.17) is 18.9 Å². The van der Waals surface area contributed by atoms with Gasteiger partial charge in [0.2, 0.25) is 0 Å². The van der Waals surface area contributed by atoms with Crippen LogP contribution in [0.3, 0.4) is 0 Å². The van der Waals surface area contributed by atoms with Crippen LogP contribution in [0, 0.1) is 5.92 Å². The number of carboxylic acid groups (broad SMARTS) is 1. The van der Waals surface area contributed by atoms with Gasteiger partial charge >= 0.3 is 17.9 Å². The molecular formula is C31H40N2O11. The predicted octanol–water partition coefficient (Wildman–Crippen LogP) is 0.814. The SMILES string of the molecule is COc1ccc2c3c1O[C@H]1C(OC(=O)C[C@H](O)C(=O)O[C@@H](C)C(=O)N[C@@H](CC(C)C)C(=O)O)=CC[C@@]4(O)[C@@H](C2)N(C)CC[C@]314. The van der Waals surface area contributed by atoms with E-state index in [1.807, 2.05) is 19.2 Å². The molecule has 44 heavy (non-hydrogen) atoms. The number of ether oxygens (including phenoxy) is 4. The Balaban J connectivity index is 1.27. The lowest BCUT2D eigenvalue weighted by Gasteiger charge is -2.61. The Morgan fingerprint density at radius 3 is 2.59 bits per heavy atom. The number of nitrogens with one attached hydrogen (secondary N) is 1. The van der Waals surface area contributed by atoms with Gasteiger partial charge in [-0.05, 0) is 63.4 Å². The van der Waals surface area contributed by atoms with E-state index < -0.39 is 65.6 Å². The van der Waals surface area contributed by atoms with E-state index in [0.29, 0.717) is 30.9 Å². The van der Waals surface area contributed by atoms with Crippen LogP contribution in [0.25, 0.3) is 0 Å². The highest BCUT2D eigenvalue weighted by Gasteiger charge is 2.72. The molecule has 1 amide bonds. The number of esters is 2. The number of amides is 1. The normalized spacial score (nSPS) is 28.5. The first kappa shape index (κ1) is 31.7. The molecule has 1 aromatic carbocycles. The average molecular weight is 617 g/mol. The zero-order valence-corrected chi connectivity index (χ0v) is 25.5. The summed E-state index contributed by atoms with van der Waals surface area (Å²) in [6, 6.07) is 2.45. The van der Waals surface area contributed by atoms with Gasteiger partial charge in [-0.2, -0.15) is 0 Å². The maximum Gasteiger partial charge on any atom is 0.336 e. The minimum absolute atomic E-state index is 0.0124. The van der Waals surface area contributed by atoms with Crippen molar-refractivity contribution in [3.05, 3.63) is 35.1 Å². The molecule has 2 heterocycles. The summed E-state index contributed by atoms with van der Waals surface area (Å²) in [6.45, 7) is 5.52. The molecule has 7 atom stereocenters. The molecule has 1 fully saturated rings. The smallest absolute Gasteiger partial charge is 0.336 e. The van der Waals surface area contributed by atoms with Crippen LogP contribution in [-0.2, 0) is 40.5 Å². The number of carbonyl (C=O) groups excluding carboxylic acids is 3. The number of hydrogen-bond acceptors (Lipinski definition) is 11. The number of carbonyl (C=O) groups is 4. The van der Waals surface area contributed by atoms with Gasteiger partial charge in [0, 0.05) is 18.0 Å². The molecule has 0 saturated carbocycles. The summed E-state index contributed by atoms with van der Waals surface area (Å²) in [5.74, 6) is -3.07. The summed E-state index contributed by atoms with van der Waals surface area (Å²) in [5, 5.41) is 34.3. The highest BCUT2D eigenvalue weighted by molar-refractivity contribution is 5.89. The maximum absolute atomic E-state index is 13.0. The Kier molecular flexibility index (Phi) is 8.42. The Morgan fingerprint density at radius 1 is 1.20 bits per heavy atom. The third-order valence-electron chi connectivity index (χ3n) is 9.41. The molecule has 2 bridgehead atoms. The van der Waals surface area contributed by atoms with Crippen LogP contribution in [0.1, 0.15) is 57.6 Å². The quantitative estimate of drug-likeness (QED) is 0.257. The molecule has 1 aromatic rings. The molecule has 0 aromatic heterocycles. The topological polar surface area (TPSA) is 181 Å². The number of aliphatic hydroxyl groups is 2. The van der Waals surface area contributed by atoms with Crippen LogP contribution in [-0.4, -0.2) is 101 Å². The fourth-order valence-electron chi connectivity index (χ4n) is 7.29. The van der Waals surface area contributed by atoms with Crippen molar-refractivity contribution in [1.82, 2.24) is 10.2 Å². The summed E-state index contributed by atoms with van der Waals surface area (Å²) >= 11 is 0. The fourth-order valence-corrected chi connectivity index (χ4v) is 7.29. The Labute approximate surface area is 255 Å². The molecular weight excluding hydrogens is 576 g/mol. The maximum atomic E-state index is 13.0. The summed E-state index contributed by atoms with van der Waals surface area (Å²) in [4.78, 5) is 51.5. The molecule has 240 valence electrons. The zero-order valence-electron chi connectivity index (χ0n) is 25.5. The first-order valence-corrected chi connectivity index (χ1v) is 14.9. The van der Waals surface area contributed by atoms with Gasteiger partial charge in [-0.15, -0.1) is 0 Å². The molecule has 0 radical (unpaired) electrons. The molecule has 2 aliphatic carbocycles. The van der Waals surface area contributed by atoms with Crippen LogP contribution in [0.4, 0.5) is 0 Å². The largest absolute Gasteiger partial charge is 0.493 e. The van der Waals surface area contributed by atoms with Crippen LogP contribution in [0.15, 0.2) is 24.0 Å². The summed E-state index contributed by atoms with van der Waals surface area (Å²) in [6.07, 6.45) is -1.81. The van der Waals surface area contributed by atoms with Crippen LogP contribution < -0.4 is 14.8 Å². The van der Waals surface area contributed by atoms with Crippen LogP contribution in [0.5, 0.6) is 11.5 Å². The third kappa shape index (κ3) is 5.10. The number of benzene rings is 1. The molecule has 1 saturated heterocycles. The summed E-state index contributed by atoms with van der Waals surface area (Å²) in [5.41, 5.74) is -0.187. The second kappa shape index (κ2) is 11.7. The lowest BCUT2D eigenvalue weighted by molar-refractivity contribution is -0.172. The minimum Gasteiger partial charge on any atom is -0.493 e. The molecule has 4 aliphatic rings. The van der Waals surface area contributed by atoms with Crippen molar-refractivity contribution in [2.45, 2.75) is 94.3 Å². The van der Waals surface area contributed by atoms with Crippen molar-refractivity contribution in [2.75, 3.05) is 20.7 Å². The first-order chi connectivity index (χ1) is 20.7. The predicted molar refractivity (Wildman–Crippen MR) is 153 cm³/mol. The number of aliphatic hydroxyl groups excluding tert-OH is 1. The van der Waals surface area contributed by atoms with Crippen molar-refractivity contribution in [1.29, 1.82) is 0 Å². The first-order valence-electron chi connectivity index (χ1n) is 14.9. The van der Waals surface area contributed by atoms with Crippen LogP contribution in [0.2, 0.25) is 0 Å². The number of likely N-dealkylation sites (N-methyl/N-ethyl adjacent to an activating group) is 1. The van der Waals surface area contributed by atoms with E-state index >= 15 is 0 Å². The average Bonchev–Trinajstić information content (AvgIpc) is 3.31. The van der Waals surface area contributed by atoms with Gasteiger partial charge in [0.15, 0.2) is 29.8 Å². The summed E-state index contributed by atoms with van der Waals surface area (Å²) < 4.78 is 22.7. The standard InChI is InChI=1S/C31H40N2O11/c1-15(2)12-18(28(37)38)32-27(36)16(3)42-29(39)19(34)14-23(35)43-21-8-9-31(40)22-13-17-6-7-20(41-5)25-24(17)30(31,26(21)44-25)10-11-33(22)4/h6-8,15-16,18-19,22,26,34,40H,9-14H2,1-5H3,(H,32,36)(H,37,38)/t16-,18-,19-,22+,26-,30-,31+/m0/s1. The number of hydrogen-bond donors (Lipinski definition) is 4. The van der Waals surface area contributed by atoms with Gasteiger partial charge < -0.3 is 44.5 Å². The number of methoxy groups -OCH3 is 1. The minimum atomic E-state index is -1.95. The number of likely N-dealkylation sites (tertiary alicyclic amines) is 1. The van der Waals surface area contributed by atoms with Crippen molar-refractivity contribution >= 4 is 23.8 Å². The highest BCUT2D eigenvalue weighted by atomic mass is 16.6. The van der Waals surface area contributed by atoms with E-state index in [2.05, 4.69) is 10.2 Å². The van der Waals surface area contributed by atoms with Crippen molar-refractivity contribution in [3.63, 3.8) is 0 Å². The molecule has 5 rings (SSSR count). The van der Waals surface area contributed by atoms with Gasteiger partial charge in [0.05, 0.1) is 24.5 Å². The van der Waals surface area contributed by atoms with Gasteiger partial charge in [-0.3, -0.25) is 9.59 Å². The zero-order chi connectivity index (χ0) is 32.1. The number of carboxylic acids is 1. The summed E-state index contributed by atoms with van der Waals surface area (Å²) in [7, 11) is 3.52. The molecule has 13 heteroatoms. The number of nitrogens with zero attached hydrogens (tertiary/aromatic N) is 1. The second-order valence-corrected chi connectivity index (χ2v) is 12.6. The van der Waals surface area contributed by atoms with Crippen molar-refractivity contribution in [2.24, 2.45) is 5.92 Å². The van der Waals surface area contributed by atoms with E-state index in [-0.39, 0.29) is 30.6 Å². The number of piperidine rings is 1. The highest BCUT2D eigenvalue weighted by Crippen LogP contribution is 2.65. The second-order valence-electron chi connectivity index (χ2n) is 12.6. The Morgan fingerprint density at radius 2 is 1.93 bits per heavy atom. The van der Waals surface area contributed by atoms with Crippen molar-refractivity contribution < 1.29 is 53.4 Å². The van der Waals surface area contributed by atoms with E-state index in [0.717, 1.165) is 11.1 Å². The molecule has 2 aliphatic heterocycles. The monoisotopic (exact) mass is 616 g/mol. The van der Waals surface area contributed by atoms with Crippen molar-refractivity contribution in [3.8, 4) is 11.5 Å². The number of aliphatic carboxylic acids is 1. The third-order valence-corrected chi connectivity index (χ3v) is 9.41. The van der Waals surface area contributed by atoms with E-state index in [1.165, 1.54) is 14.0 Å². The van der Waals surface area contributed by atoms with E-state index in [1.54, 1.807) is 19.9 Å². The molecule has 13 nitrogen and oxygen atoms in total. The Hall–Kier alpha value is -3.68. The fraction of sp³-hybridized carbons (Fsp3) is 0.613. The van der Waals surface area contributed by atoms with Gasteiger partial charge in [0.1, 0.15) is 11.8 Å². The van der Waals surface area contributed by atoms with E-state index in [9.17, 15) is 34.5 Å². The molecule has 0 unspecified atom stereocenters. The van der Waals surface area contributed by atoms with Gasteiger partial charge in [0.25, 0.3) is 5.91 Å². The lowest BCUT2D eigenvalue weighted by Crippen LogP contribution is -2.74. The molecule has 1 spiro atoms. The lowest BCUT2D eigenvalue weighted by atomic mass is 9.50. The molecule has 4 N–H and O–H groups in total. The van der Waals surface area contributed by atoms with Crippen LogP contribution >= 0.6 is 0 Å².